The second kappa shape index (κ2) is 5.32. The Kier molecular flexibility index (Phi) is 4.33. The van der Waals surface area contributed by atoms with Gasteiger partial charge in [0.15, 0.2) is 0 Å². The van der Waals surface area contributed by atoms with Crippen LogP contribution < -0.4 is 16.0 Å². The molecule has 0 aliphatic rings. The van der Waals surface area contributed by atoms with Gasteiger partial charge in [0.1, 0.15) is 5.75 Å². The van der Waals surface area contributed by atoms with Crippen LogP contribution in [-0.4, -0.2) is 7.11 Å². The maximum absolute atomic E-state index is 5.49. The number of nitrogens with one attached hydrogen (secondary N) is 1. The van der Waals surface area contributed by atoms with E-state index in [4.69, 9.17) is 10.6 Å². The predicted molar refractivity (Wildman–Crippen MR) is 67.6 cm³/mol. The molecular formula is C13H22N2O. The summed E-state index contributed by atoms with van der Waals surface area (Å²) in [5.41, 5.74) is 6.44. The first kappa shape index (κ1) is 13.0. The highest BCUT2D eigenvalue weighted by Crippen LogP contribution is 2.31. The summed E-state index contributed by atoms with van der Waals surface area (Å²) in [6.45, 7) is 8.46. The summed E-state index contributed by atoms with van der Waals surface area (Å²) < 4.78 is 5.40. The molecular weight excluding hydrogens is 200 g/mol. The quantitative estimate of drug-likeness (QED) is 0.608. The minimum atomic E-state index is 0.156. The summed E-state index contributed by atoms with van der Waals surface area (Å²) in [5, 5.41) is 0. The molecule has 16 heavy (non-hydrogen) atoms. The molecule has 1 aromatic rings. The topological polar surface area (TPSA) is 47.3 Å². The monoisotopic (exact) mass is 222 g/mol. The van der Waals surface area contributed by atoms with E-state index in [0.717, 1.165) is 5.75 Å². The van der Waals surface area contributed by atoms with Gasteiger partial charge in [-0.2, -0.15) is 0 Å². The first-order valence-corrected chi connectivity index (χ1v) is 5.65. The van der Waals surface area contributed by atoms with Gasteiger partial charge in [0.05, 0.1) is 7.11 Å². The summed E-state index contributed by atoms with van der Waals surface area (Å²) in [6.07, 6.45) is 0. The molecule has 1 aromatic carbocycles. The summed E-state index contributed by atoms with van der Waals surface area (Å²) >= 11 is 0. The van der Waals surface area contributed by atoms with E-state index < -0.39 is 0 Å². The van der Waals surface area contributed by atoms with Gasteiger partial charge in [-0.05, 0) is 48.6 Å². The highest BCUT2D eigenvalue weighted by atomic mass is 16.5. The SMILES string of the molecule is COc1cc(C)c(C(C)NN)cc1C(C)C. The Morgan fingerprint density at radius 3 is 2.25 bits per heavy atom. The van der Waals surface area contributed by atoms with Crippen molar-refractivity contribution in [1.29, 1.82) is 0 Å². The van der Waals surface area contributed by atoms with Crippen LogP contribution in [0.4, 0.5) is 0 Å². The Hall–Kier alpha value is -1.06. The number of hydrogen-bond donors (Lipinski definition) is 2. The third kappa shape index (κ3) is 2.54. The molecule has 0 aromatic heterocycles. The zero-order chi connectivity index (χ0) is 12.3. The number of methoxy groups -OCH3 is 1. The highest BCUT2D eigenvalue weighted by molar-refractivity contribution is 5.44. The zero-order valence-electron chi connectivity index (χ0n) is 10.8. The van der Waals surface area contributed by atoms with Crippen LogP contribution in [0.2, 0.25) is 0 Å². The van der Waals surface area contributed by atoms with Crippen LogP contribution in [0.25, 0.3) is 0 Å². The molecule has 0 amide bonds. The zero-order valence-corrected chi connectivity index (χ0v) is 10.8. The predicted octanol–water partition coefficient (Wildman–Crippen LogP) is 2.65. The van der Waals surface area contributed by atoms with Gasteiger partial charge in [-0.3, -0.25) is 11.3 Å². The van der Waals surface area contributed by atoms with E-state index in [1.807, 2.05) is 0 Å². The summed E-state index contributed by atoms with van der Waals surface area (Å²) in [5.74, 6) is 6.89. The second-order valence-corrected chi connectivity index (χ2v) is 4.49. The van der Waals surface area contributed by atoms with Crippen LogP contribution in [0.1, 0.15) is 49.4 Å². The molecule has 0 saturated heterocycles. The highest BCUT2D eigenvalue weighted by Gasteiger charge is 2.14. The van der Waals surface area contributed by atoms with E-state index in [1.54, 1.807) is 7.11 Å². The van der Waals surface area contributed by atoms with Crippen molar-refractivity contribution in [3.63, 3.8) is 0 Å². The molecule has 0 heterocycles. The van der Waals surface area contributed by atoms with E-state index in [-0.39, 0.29) is 6.04 Å². The fourth-order valence-corrected chi connectivity index (χ4v) is 1.90. The summed E-state index contributed by atoms with van der Waals surface area (Å²) in [6, 6.07) is 4.42. The lowest BCUT2D eigenvalue weighted by atomic mass is 9.94. The largest absolute Gasteiger partial charge is 0.496 e. The Balaban J connectivity index is 3.27. The molecule has 0 radical (unpaired) electrons. The maximum Gasteiger partial charge on any atom is 0.122 e. The lowest BCUT2D eigenvalue weighted by Gasteiger charge is -2.19. The fraction of sp³-hybridized carbons (Fsp3) is 0.538. The molecule has 1 unspecified atom stereocenters. The van der Waals surface area contributed by atoms with Crippen LogP contribution >= 0.6 is 0 Å². The van der Waals surface area contributed by atoms with Gasteiger partial charge in [0.25, 0.3) is 0 Å². The van der Waals surface area contributed by atoms with Gasteiger partial charge in [-0.25, -0.2) is 0 Å². The van der Waals surface area contributed by atoms with Crippen LogP contribution in [0, 0.1) is 6.92 Å². The van der Waals surface area contributed by atoms with Gasteiger partial charge < -0.3 is 4.74 Å². The third-order valence-electron chi connectivity index (χ3n) is 2.96. The van der Waals surface area contributed by atoms with Crippen molar-refractivity contribution in [3.8, 4) is 5.75 Å². The number of rotatable bonds is 4. The van der Waals surface area contributed by atoms with E-state index in [0.29, 0.717) is 5.92 Å². The Bertz CT molecular complexity index is 361. The third-order valence-corrected chi connectivity index (χ3v) is 2.96. The number of ether oxygens (including phenoxy) is 1. The lowest BCUT2D eigenvalue weighted by molar-refractivity contribution is 0.406. The Morgan fingerprint density at radius 1 is 1.19 bits per heavy atom. The van der Waals surface area contributed by atoms with E-state index in [1.165, 1.54) is 16.7 Å². The molecule has 0 bridgehead atoms. The van der Waals surface area contributed by atoms with Gasteiger partial charge in [-0.15, -0.1) is 0 Å². The van der Waals surface area contributed by atoms with Crippen LogP contribution in [-0.2, 0) is 0 Å². The molecule has 0 spiro atoms. The fourth-order valence-electron chi connectivity index (χ4n) is 1.90. The van der Waals surface area contributed by atoms with Gasteiger partial charge in [0.2, 0.25) is 0 Å². The smallest absolute Gasteiger partial charge is 0.122 e. The van der Waals surface area contributed by atoms with Crippen molar-refractivity contribution >= 4 is 0 Å². The average Bonchev–Trinajstić information content (AvgIpc) is 2.27. The van der Waals surface area contributed by atoms with Crippen LogP contribution in [0.5, 0.6) is 5.75 Å². The van der Waals surface area contributed by atoms with Crippen molar-refractivity contribution in [2.75, 3.05) is 7.11 Å². The molecule has 1 rings (SSSR count). The molecule has 3 nitrogen and oxygen atoms in total. The number of benzene rings is 1. The first-order valence-electron chi connectivity index (χ1n) is 5.65. The van der Waals surface area contributed by atoms with Crippen LogP contribution in [0.3, 0.4) is 0 Å². The van der Waals surface area contributed by atoms with E-state index in [2.05, 4.69) is 45.3 Å². The second-order valence-electron chi connectivity index (χ2n) is 4.49. The first-order chi connectivity index (χ1) is 7.51. The average molecular weight is 222 g/mol. The molecule has 1 atom stereocenters. The van der Waals surface area contributed by atoms with E-state index in [9.17, 15) is 0 Å². The Morgan fingerprint density at radius 2 is 1.81 bits per heavy atom. The summed E-state index contributed by atoms with van der Waals surface area (Å²) in [4.78, 5) is 0. The normalized spacial score (nSPS) is 12.9. The van der Waals surface area contributed by atoms with Crippen molar-refractivity contribution in [2.45, 2.75) is 39.7 Å². The molecule has 3 N–H and O–H groups in total. The van der Waals surface area contributed by atoms with Crippen molar-refractivity contribution < 1.29 is 4.74 Å². The molecule has 3 heteroatoms. The minimum Gasteiger partial charge on any atom is -0.496 e. The van der Waals surface area contributed by atoms with Crippen molar-refractivity contribution in [1.82, 2.24) is 5.43 Å². The number of hydrogen-bond acceptors (Lipinski definition) is 3. The van der Waals surface area contributed by atoms with Gasteiger partial charge in [0, 0.05) is 6.04 Å². The maximum atomic E-state index is 5.49. The van der Waals surface area contributed by atoms with Crippen molar-refractivity contribution in [2.24, 2.45) is 5.84 Å². The van der Waals surface area contributed by atoms with E-state index >= 15 is 0 Å². The molecule has 0 aliphatic heterocycles. The molecule has 0 saturated carbocycles. The van der Waals surface area contributed by atoms with Crippen LogP contribution in [0.15, 0.2) is 12.1 Å². The Labute approximate surface area is 98.0 Å². The molecule has 90 valence electrons. The van der Waals surface area contributed by atoms with Gasteiger partial charge in [-0.1, -0.05) is 13.8 Å². The van der Waals surface area contributed by atoms with Crippen molar-refractivity contribution in [3.05, 3.63) is 28.8 Å². The minimum absolute atomic E-state index is 0.156. The molecule has 0 aliphatic carbocycles. The lowest BCUT2D eigenvalue weighted by Crippen LogP contribution is -2.26. The molecule has 0 fully saturated rings. The summed E-state index contributed by atoms with van der Waals surface area (Å²) in [7, 11) is 1.71. The number of aryl methyl sites for hydroxylation is 1. The van der Waals surface area contributed by atoms with Gasteiger partial charge >= 0.3 is 0 Å². The number of nitrogens with two attached hydrogens (primary N) is 1. The number of hydrazine groups is 1. The standard InChI is InChI=1S/C13H22N2O/c1-8(2)11-7-12(10(4)15-14)9(3)6-13(11)16-5/h6-8,10,15H,14H2,1-5H3.